The van der Waals surface area contributed by atoms with Crippen LogP contribution in [0.15, 0.2) is 16.7 Å². The molecule has 16 heavy (non-hydrogen) atoms. The van der Waals surface area contributed by atoms with Crippen molar-refractivity contribution >= 4 is 5.91 Å². The van der Waals surface area contributed by atoms with Crippen LogP contribution in [0.3, 0.4) is 0 Å². The molecule has 1 heterocycles. The summed E-state index contributed by atoms with van der Waals surface area (Å²) in [7, 11) is 0. The molecule has 0 radical (unpaired) electrons. The minimum atomic E-state index is -0.0387. The number of aryl methyl sites for hydroxylation is 1. The fourth-order valence-corrected chi connectivity index (χ4v) is 1.65. The lowest BCUT2D eigenvalue weighted by Crippen LogP contribution is -2.32. The van der Waals surface area contributed by atoms with Crippen molar-refractivity contribution in [1.29, 1.82) is 0 Å². The van der Waals surface area contributed by atoms with Crippen LogP contribution >= 0.6 is 0 Å². The molecule has 2 rings (SSSR count). The Kier molecular flexibility index (Phi) is 3.62. The third kappa shape index (κ3) is 2.85. The van der Waals surface area contributed by atoms with Crippen LogP contribution in [-0.4, -0.2) is 25.0 Å². The van der Waals surface area contributed by atoms with Crippen LogP contribution in [0.2, 0.25) is 0 Å². The largest absolute Gasteiger partial charge is 0.469 e. The summed E-state index contributed by atoms with van der Waals surface area (Å²) >= 11 is 0. The number of amides is 1. The molecular formula is C12H18N2O2. The molecule has 0 saturated heterocycles. The summed E-state index contributed by atoms with van der Waals surface area (Å²) in [6.07, 6.45) is 4.86. The van der Waals surface area contributed by atoms with E-state index in [1.54, 1.807) is 12.3 Å². The maximum absolute atomic E-state index is 11.7. The maximum atomic E-state index is 11.7. The first-order valence-electron chi connectivity index (χ1n) is 5.89. The summed E-state index contributed by atoms with van der Waals surface area (Å²) in [5, 5.41) is 6.23. The molecule has 1 fully saturated rings. The lowest BCUT2D eigenvalue weighted by atomic mass is 10.2. The molecule has 2 N–H and O–H groups in total. The molecular weight excluding hydrogens is 204 g/mol. The molecule has 0 unspecified atom stereocenters. The third-order valence-electron chi connectivity index (χ3n) is 2.73. The highest BCUT2D eigenvalue weighted by Gasteiger charge is 2.19. The molecule has 1 aliphatic carbocycles. The zero-order valence-corrected chi connectivity index (χ0v) is 9.58. The monoisotopic (exact) mass is 222 g/mol. The van der Waals surface area contributed by atoms with E-state index in [0.29, 0.717) is 18.2 Å². The summed E-state index contributed by atoms with van der Waals surface area (Å²) in [6.45, 7) is 3.49. The molecule has 0 aliphatic heterocycles. The van der Waals surface area contributed by atoms with Gasteiger partial charge in [-0.1, -0.05) is 6.92 Å². The SMILES string of the molecule is CCc1occc1C(=O)NCCNC1CC1. The first-order chi connectivity index (χ1) is 7.81. The Morgan fingerprint density at radius 1 is 1.50 bits per heavy atom. The topological polar surface area (TPSA) is 54.3 Å². The Morgan fingerprint density at radius 2 is 2.31 bits per heavy atom. The van der Waals surface area contributed by atoms with E-state index in [2.05, 4.69) is 10.6 Å². The summed E-state index contributed by atoms with van der Waals surface area (Å²) in [6, 6.07) is 2.42. The van der Waals surface area contributed by atoms with Gasteiger partial charge in [-0.15, -0.1) is 0 Å². The van der Waals surface area contributed by atoms with Crippen LogP contribution in [0.5, 0.6) is 0 Å². The molecule has 1 aromatic heterocycles. The smallest absolute Gasteiger partial charge is 0.254 e. The number of carbonyl (C=O) groups excluding carboxylic acids is 1. The van der Waals surface area contributed by atoms with Crippen molar-refractivity contribution in [2.45, 2.75) is 32.2 Å². The van der Waals surface area contributed by atoms with Gasteiger partial charge in [0, 0.05) is 25.6 Å². The van der Waals surface area contributed by atoms with Crippen LogP contribution in [0, 0.1) is 0 Å². The van der Waals surface area contributed by atoms with E-state index >= 15 is 0 Å². The van der Waals surface area contributed by atoms with Crippen molar-refractivity contribution in [2.75, 3.05) is 13.1 Å². The first-order valence-corrected chi connectivity index (χ1v) is 5.89. The van der Waals surface area contributed by atoms with Gasteiger partial charge in [0.15, 0.2) is 0 Å². The van der Waals surface area contributed by atoms with E-state index in [1.807, 2.05) is 6.92 Å². The molecule has 88 valence electrons. The quantitative estimate of drug-likeness (QED) is 0.714. The van der Waals surface area contributed by atoms with Gasteiger partial charge in [-0.05, 0) is 18.9 Å². The van der Waals surface area contributed by atoms with E-state index in [0.717, 1.165) is 18.7 Å². The number of hydrogen-bond donors (Lipinski definition) is 2. The predicted octanol–water partition coefficient (Wildman–Crippen LogP) is 1.32. The minimum absolute atomic E-state index is 0.0387. The Morgan fingerprint density at radius 3 is 3.00 bits per heavy atom. The van der Waals surface area contributed by atoms with Crippen molar-refractivity contribution in [2.24, 2.45) is 0 Å². The zero-order valence-electron chi connectivity index (χ0n) is 9.58. The highest BCUT2D eigenvalue weighted by atomic mass is 16.3. The molecule has 0 atom stereocenters. The molecule has 4 heteroatoms. The van der Waals surface area contributed by atoms with Gasteiger partial charge in [0.25, 0.3) is 5.91 Å². The molecule has 1 saturated carbocycles. The third-order valence-corrected chi connectivity index (χ3v) is 2.73. The van der Waals surface area contributed by atoms with Crippen molar-refractivity contribution in [3.8, 4) is 0 Å². The average molecular weight is 222 g/mol. The molecule has 4 nitrogen and oxygen atoms in total. The predicted molar refractivity (Wildman–Crippen MR) is 61.4 cm³/mol. The molecule has 1 amide bonds. The standard InChI is InChI=1S/C12H18N2O2/c1-2-11-10(5-8-16-11)12(15)14-7-6-13-9-3-4-9/h5,8-9,13H,2-4,6-7H2,1H3,(H,14,15). The van der Waals surface area contributed by atoms with Gasteiger partial charge in [0.2, 0.25) is 0 Å². The van der Waals surface area contributed by atoms with E-state index in [9.17, 15) is 4.79 Å². The highest BCUT2D eigenvalue weighted by molar-refractivity contribution is 5.95. The lowest BCUT2D eigenvalue weighted by Gasteiger charge is -2.05. The van der Waals surface area contributed by atoms with E-state index < -0.39 is 0 Å². The van der Waals surface area contributed by atoms with Crippen LogP contribution in [0.25, 0.3) is 0 Å². The normalized spacial score (nSPS) is 15.1. The Balaban J connectivity index is 1.73. The van der Waals surface area contributed by atoms with Crippen molar-refractivity contribution in [1.82, 2.24) is 10.6 Å². The minimum Gasteiger partial charge on any atom is -0.469 e. The van der Waals surface area contributed by atoms with Crippen molar-refractivity contribution in [3.63, 3.8) is 0 Å². The lowest BCUT2D eigenvalue weighted by molar-refractivity contribution is 0.0952. The second-order valence-corrected chi connectivity index (χ2v) is 4.10. The van der Waals surface area contributed by atoms with E-state index in [1.165, 1.54) is 12.8 Å². The highest BCUT2D eigenvalue weighted by Crippen LogP contribution is 2.17. The van der Waals surface area contributed by atoms with Crippen LogP contribution in [-0.2, 0) is 6.42 Å². The van der Waals surface area contributed by atoms with E-state index in [4.69, 9.17) is 4.42 Å². The second-order valence-electron chi connectivity index (χ2n) is 4.10. The van der Waals surface area contributed by atoms with Gasteiger partial charge < -0.3 is 15.1 Å². The van der Waals surface area contributed by atoms with Crippen molar-refractivity contribution < 1.29 is 9.21 Å². The number of furan rings is 1. The van der Waals surface area contributed by atoms with Gasteiger partial charge in [-0.25, -0.2) is 0 Å². The zero-order chi connectivity index (χ0) is 11.4. The number of hydrogen-bond acceptors (Lipinski definition) is 3. The molecule has 0 spiro atoms. The first kappa shape index (κ1) is 11.2. The van der Waals surface area contributed by atoms with Gasteiger partial charge >= 0.3 is 0 Å². The van der Waals surface area contributed by atoms with Gasteiger partial charge in [-0.3, -0.25) is 4.79 Å². The van der Waals surface area contributed by atoms with Gasteiger partial charge in [-0.2, -0.15) is 0 Å². The Bertz CT molecular complexity index is 356. The van der Waals surface area contributed by atoms with Gasteiger partial charge in [0.1, 0.15) is 5.76 Å². The Labute approximate surface area is 95.4 Å². The molecule has 1 aromatic rings. The number of rotatable bonds is 6. The Hall–Kier alpha value is -1.29. The van der Waals surface area contributed by atoms with Crippen LogP contribution < -0.4 is 10.6 Å². The van der Waals surface area contributed by atoms with E-state index in [-0.39, 0.29) is 5.91 Å². The summed E-state index contributed by atoms with van der Waals surface area (Å²) in [5.74, 6) is 0.718. The number of carbonyl (C=O) groups is 1. The number of nitrogens with one attached hydrogen (secondary N) is 2. The van der Waals surface area contributed by atoms with Crippen molar-refractivity contribution in [3.05, 3.63) is 23.7 Å². The van der Waals surface area contributed by atoms with Crippen LogP contribution in [0.1, 0.15) is 35.9 Å². The fourth-order valence-electron chi connectivity index (χ4n) is 1.65. The maximum Gasteiger partial charge on any atom is 0.254 e. The van der Waals surface area contributed by atoms with Gasteiger partial charge in [0.05, 0.1) is 11.8 Å². The summed E-state index contributed by atoms with van der Waals surface area (Å²) in [4.78, 5) is 11.7. The molecule has 0 bridgehead atoms. The summed E-state index contributed by atoms with van der Waals surface area (Å²) < 4.78 is 5.21. The average Bonchev–Trinajstić information content (AvgIpc) is 2.99. The molecule has 1 aliphatic rings. The van der Waals surface area contributed by atoms with Crippen LogP contribution in [0.4, 0.5) is 0 Å². The molecule has 0 aromatic carbocycles. The fraction of sp³-hybridized carbons (Fsp3) is 0.583. The second kappa shape index (κ2) is 5.16. The summed E-state index contributed by atoms with van der Waals surface area (Å²) in [5.41, 5.74) is 0.661.